The molecule has 0 fully saturated rings. The minimum absolute atomic E-state index is 0.0664. The minimum Gasteiger partial charge on any atom is -0.480 e. The fourth-order valence-electron chi connectivity index (χ4n) is 2.09. The zero-order valence-corrected chi connectivity index (χ0v) is 13.0. The van der Waals surface area contributed by atoms with E-state index in [-0.39, 0.29) is 12.7 Å². The predicted molar refractivity (Wildman–Crippen MR) is 79.3 cm³/mol. The Morgan fingerprint density at radius 3 is 2.90 bits per heavy atom. The number of rotatable bonds is 5. The molecule has 0 amide bonds. The first-order valence-corrected chi connectivity index (χ1v) is 7.78. The Hall–Kier alpha value is -0.910. The molecule has 0 saturated carbocycles. The van der Waals surface area contributed by atoms with Gasteiger partial charge >= 0.3 is 5.97 Å². The fraction of sp³-hybridized carbons (Fsp3) is 0.500. The van der Waals surface area contributed by atoms with E-state index in [1.807, 2.05) is 26.0 Å². The number of carboxylic acids is 1. The summed E-state index contributed by atoms with van der Waals surface area (Å²) in [4.78, 5) is 11.2. The molecule has 1 aromatic rings. The van der Waals surface area contributed by atoms with Crippen LogP contribution in [0.15, 0.2) is 12.1 Å². The number of hydrogen-bond acceptors (Lipinski definition) is 4. The molecule has 0 radical (unpaired) electrons. The molecule has 110 valence electrons. The molecule has 0 saturated heterocycles. The maximum Gasteiger partial charge on any atom is 0.316 e. The SMILES string of the molecule is CC(C)C(SCc1cc(Cl)cc2c1OCOC2)C(=O)O. The first kappa shape index (κ1) is 15.5. The van der Waals surface area contributed by atoms with E-state index in [1.165, 1.54) is 11.8 Å². The van der Waals surface area contributed by atoms with Crippen molar-refractivity contribution in [3.05, 3.63) is 28.3 Å². The van der Waals surface area contributed by atoms with Crippen LogP contribution in [0.2, 0.25) is 5.02 Å². The molecule has 1 aromatic carbocycles. The van der Waals surface area contributed by atoms with Crippen molar-refractivity contribution in [2.45, 2.75) is 31.5 Å². The van der Waals surface area contributed by atoms with Crippen LogP contribution in [0, 0.1) is 5.92 Å². The molecule has 0 spiro atoms. The number of halogens is 1. The normalized spacial score (nSPS) is 15.6. The van der Waals surface area contributed by atoms with E-state index in [2.05, 4.69) is 0 Å². The molecule has 1 N–H and O–H groups in total. The Morgan fingerprint density at radius 1 is 1.50 bits per heavy atom. The summed E-state index contributed by atoms with van der Waals surface area (Å²) in [5, 5.41) is 9.39. The third-order valence-corrected chi connectivity index (χ3v) is 4.82. The van der Waals surface area contributed by atoms with Crippen LogP contribution < -0.4 is 4.74 Å². The molecule has 4 nitrogen and oxygen atoms in total. The Morgan fingerprint density at radius 2 is 2.25 bits per heavy atom. The number of carbonyl (C=O) groups is 1. The number of hydrogen-bond donors (Lipinski definition) is 1. The summed E-state index contributed by atoms with van der Waals surface area (Å²) in [6, 6.07) is 3.65. The van der Waals surface area contributed by atoms with Crippen molar-refractivity contribution >= 4 is 29.3 Å². The summed E-state index contributed by atoms with van der Waals surface area (Å²) in [7, 11) is 0. The van der Waals surface area contributed by atoms with Crippen molar-refractivity contribution in [3.8, 4) is 5.75 Å². The second-order valence-electron chi connectivity index (χ2n) is 4.98. The standard InChI is InChI=1S/C14H17ClO4S/c1-8(2)13(14(16)17)20-6-10-4-11(15)3-9-5-18-7-19-12(9)10/h3-4,8,13H,5-7H2,1-2H3,(H,16,17). The molecule has 1 unspecified atom stereocenters. The van der Waals surface area contributed by atoms with E-state index in [0.29, 0.717) is 17.4 Å². The molecule has 1 aliphatic heterocycles. The molecule has 1 heterocycles. The van der Waals surface area contributed by atoms with Crippen molar-refractivity contribution < 1.29 is 19.4 Å². The average molecular weight is 317 g/mol. The Kier molecular flexibility index (Phi) is 5.18. The van der Waals surface area contributed by atoms with Crippen LogP contribution in [0.1, 0.15) is 25.0 Å². The fourth-order valence-corrected chi connectivity index (χ4v) is 3.46. The summed E-state index contributed by atoms with van der Waals surface area (Å²) in [6.07, 6.45) is 0. The van der Waals surface area contributed by atoms with E-state index in [1.54, 1.807) is 0 Å². The molecular formula is C14H17ClO4S. The molecule has 0 bridgehead atoms. The highest BCUT2D eigenvalue weighted by molar-refractivity contribution is 7.99. The van der Waals surface area contributed by atoms with Crippen LogP contribution in [-0.4, -0.2) is 23.1 Å². The van der Waals surface area contributed by atoms with Crippen molar-refractivity contribution in [2.24, 2.45) is 5.92 Å². The topological polar surface area (TPSA) is 55.8 Å². The summed E-state index contributed by atoms with van der Waals surface area (Å²) in [5.74, 6) is 0.612. The quantitative estimate of drug-likeness (QED) is 0.900. The van der Waals surface area contributed by atoms with Gasteiger partial charge in [-0.15, -0.1) is 11.8 Å². The predicted octanol–water partition coefficient (Wildman–Crippen LogP) is 3.55. The first-order chi connectivity index (χ1) is 9.49. The Labute approximate surface area is 127 Å². The lowest BCUT2D eigenvalue weighted by Crippen LogP contribution is -2.22. The maximum atomic E-state index is 11.2. The van der Waals surface area contributed by atoms with Crippen LogP contribution in [0.25, 0.3) is 0 Å². The van der Waals surface area contributed by atoms with E-state index >= 15 is 0 Å². The molecule has 20 heavy (non-hydrogen) atoms. The zero-order valence-electron chi connectivity index (χ0n) is 11.4. The van der Waals surface area contributed by atoms with Gasteiger partial charge in [0.15, 0.2) is 6.79 Å². The number of benzene rings is 1. The number of carboxylic acid groups (broad SMARTS) is 1. The Balaban J connectivity index is 2.17. The van der Waals surface area contributed by atoms with E-state index in [9.17, 15) is 9.90 Å². The molecule has 1 atom stereocenters. The lowest BCUT2D eigenvalue weighted by molar-refractivity contribution is -0.137. The van der Waals surface area contributed by atoms with Crippen molar-refractivity contribution in [1.29, 1.82) is 0 Å². The van der Waals surface area contributed by atoms with Gasteiger partial charge < -0.3 is 14.6 Å². The number of aliphatic carboxylic acids is 1. The second kappa shape index (κ2) is 6.70. The Bertz CT molecular complexity index is 504. The van der Waals surface area contributed by atoms with E-state index in [4.69, 9.17) is 21.1 Å². The third-order valence-electron chi connectivity index (χ3n) is 3.02. The average Bonchev–Trinajstić information content (AvgIpc) is 2.37. The van der Waals surface area contributed by atoms with Crippen LogP contribution in [0.5, 0.6) is 5.75 Å². The highest BCUT2D eigenvalue weighted by Crippen LogP contribution is 2.35. The van der Waals surface area contributed by atoms with Gasteiger partial charge in [-0.2, -0.15) is 0 Å². The van der Waals surface area contributed by atoms with Gasteiger partial charge in [0, 0.05) is 21.9 Å². The zero-order chi connectivity index (χ0) is 14.7. The molecule has 1 aliphatic rings. The largest absolute Gasteiger partial charge is 0.480 e. The van der Waals surface area contributed by atoms with Crippen LogP contribution in [0.3, 0.4) is 0 Å². The van der Waals surface area contributed by atoms with Gasteiger partial charge in [-0.1, -0.05) is 25.4 Å². The lowest BCUT2D eigenvalue weighted by Gasteiger charge is -2.22. The van der Waals surface area contributed by atoms with Gasteiger partial charge in [-0.25, -0.2) is 0 Å². The number of thioether (sulfide) groups is 1. The third kappa shape index (κ3) is 3.59. The van der Waals surface area contributed by atoms with Gasteiger partial charge in [0.2, 0.25) is 0 Å². The summed E-state index contributed by atoms with van der Waals surface area (Å²) < 4.78 is 10.7. The molecule has 6 heteroatoms. The van der Waals surface area contributed by atoms with Crippen molar-refractivity contribution in [2.75, 3.05) is 6.79 Å². The van der Waals surface area contributed by atoms with E-state index in [0.717, 1.165) is 16.9 Å². The molecule has 0 aliphatic carbocycles. The number of ether oxygens (including phenoxy) is 2. The highest BCUT2D eigenvalue weighted by Gasteiger charge is 2.23. The van der Waals surface area contributed by atoms with Gasteiger partial charge in [0.25, 0.3) is 0 Å². The second-order valence-corrected chi connectivity index (χ2v) is 6.54. The number of fused-ring (bicyclic) bond motifs is 1. The van der Waals surface area contributed by atoms with Crippen molar-refractivity contribution in [1.82, 2.24) is 0 Å². The summed E-state index contributed by atoms with van der Waals surface area (Å²) >= 11 is 7.48. The first-order valence-electron chi connectivity index (χ1n) is 6.35. The van der Waals surface area contributed by atoms with Gasteiger partial charge in [-0.05, 0) is 18.1 Å². The highest BCUT2D eigenvalue weighted by atomic mass is 35.5. The molecule has 2 rings (SSSR count). The molecular weight excluding hydrogens is 300 g/mol. The van der Waals surface area contributed by atoms with Gasteiger partial charge in [0.1, 0.15) is 11.0 Å². The van der Waals surface area contributed by atoms with Gasteiger partial charge in [0.05, 0.1) is 6.61 Å². The maximum absolute atomic E-state index is 11.2. The molecule has 0 aromatic heterocycles. The van der Waals surface area contributed by atoms with Crippen molar-refractivity contribution in [3.63, 3.8) is 0 Å². The lowest BCUT2D eigenvalue weighted by atomic mass is 10.1. The smallest absolute Gasteiger partial charge is 0.316 e. The minimum atomic E-state index is -0.787. The summed E-state index contributed by atoms with van der Waals surface area (Å²) in [6.45, 7) is 4.51. The van der Waals surface area contributed by atoms with E-state index < -0.39 is 11.2 Å². The van der Waals surface area contributed by atoms with Gasteiger partial charge in [-0.3, -0.25) is 4.79 Å². The summed E-state index contributed by atoms with van der Waals surface area (Å²) in [5.41, 5.74) is 1.84. The monoisotopic (exact) mass is 316 g/mol. The van der Waals surface area contributed by atoms with Crippen LogP contribution in [0.4, 0.5) is 0 Å². The van der Waals surface area contributed by atoms with Crippen LogP contribution in [-0.2, 0) is 21.9 Å². The van der Waals surface area contributed by atoms with Crippen LogP contribution >= 0.6 is 23.4 Å².